The van der Waals surface area contributed by atoms with Gasteiger partial charge < -0.3 is 15.0 Å². The van der Waals surface area contributed by atoms with Gasteiger partial charge in [-0.3, -0.25) is 0 Å². The van der Waals surface area contributed by atoms with Gasteiger partial charge in [0.15, 0.2) is 23.2 Å². The molecular formula is C11H12F2N4O. The van der Waals surface area contributed by atoms with E-state index in [1.54, 1.807) is 11.6 Å². The van der Waals surface area contributed by atoms with Crippen molar-refractivity contribution < 1.29 is 13.5 Å². The number of hydrogen-bond donors (Lipinski definition) is 1. The van der Waals surface area contributed by atoms with E-state index in [9.17, 15) is 8.78 Å². The van der Waals surface area contributed by atoms with Crippen LogP contribution in [0.25, 0.3) is 0 Å². The molecule has 1 aromatic carbocycles. The normalized spacial score (nSPS) is 10.7. The summed E-state index contributed by atoms with van der Waals surface area (Å²) in [5.41, 5.74) is 5.68. The lowest BCUT2D eigenvalue weighted by Crippen LogP contribution is -2.06. The predicted octanol–water partition coefficient (Wildman–Crippen LogP) is 1.13. The Kier molecular flexibility index (Phi) is 3.52. The zero-order valence-electron chi connectivity index (χ0n) is 9.73. The minimum absolute atomic E-state index is 0.0632. The third kappa shape index (κ3) is 2.45. The van der Waals surface area contributed by atoms with Crippen molar-refractivity contribution in [3.05, 3.63) is 41.5 Å². The molecule has 0 bridgehead atoms. The minimum Gasteiger partial charge on any atom is -0.479 e. The van der Waals surface area contributed by atoms with Crippen LogP contribution < -0.4 is 10.5 Å². The maximum Gasteiger partial charge on any atom is 0.191 e. The van der Waals surface area contributed by atoms with Crippen LogP contribution in [0.3, 0.4) is 0 Å². The number of ether oxygens (including phenoxy) is 1. The largest absolute Gasteiger partial charge is 0.479 e. The number of benzene rings is 1. The van der Waals surface area contributed by atoms with Gasteiger partial charge in [0.2, 0.25) is 0 Å². The molecule has 0 spiro atoms. The van der Waals surface area contributed by atoms with Crippen molar-refractivity contribution in [2.24, 2.45) is 12.8 Å². The third-order valence-electron chi connectivity index (χ3n) is 2.44. The van der Waals surface area contributed by atoms with E-state index in [0.29, 0.717) is 11.4 Å². The van der Waals surface area contributed by atoms with Crippen LogP contribution in [-0.4, -0.2) is 14.8 Å². The van der Waals surface area contributed by atoms with Crippen LogP contribution in [0.4, 0.5) is 8.78 Å². The van der Waals surface area contributed by atoms with E-state index in [2.05, 4.69) is 10.2 Å². The van der Waals surface area contributed by atoms with Crippen LogP contribution in [0, 0.1) is 11.6 Å². The fourth-order valence-electron chi connectivity index (χ4n) is 1.44. The lowest BCUT2D eigenvalue weighted by Gasteiger charge is -2.09. The molecule has 2 N–H and O–H groups in total. The van der Waals surface area contributed by atoms with E-state index < -0.39 is 17.4 Å². The standard InChI is InChI=1S/C11H12F2N4O/c1-17-6-15-16-10(17)5-18-11-8(12)2-7(4-14)3-9(11)13/h2-3,6H,4-5,14H2,1H3. The molecular weight excluding hydrogens is 242 g/mol. The summed E-state index contributed by atoms with van der Waals surface area (Å²) in [6.45, 7) is 0.00369. The van der Waals surface area contributed by atoms with Gasteiger partial charge in [-0.1, -0.05) is 0 Å². The van der Waals surface area contributed by atoms with Gasteiger partial charge in [0.05, 0.1) is 0 Å². The molecule has 0 unspecified atom stereocenters. The molecule has 0 aliphatic heterocycles. The van der Waals surface area contributed by atoms with Gasteiger partial charge in [0.25, 0.3) is 0 Å². The molecule has 18 heavy (non-hydrogen) atoms. The molecule has 0 radical (unpaired) electrons. The zero-order valence-corrected chi connectivity index (χ0v) is 9.73. The van der Waals surface area contributed by atoms with E-state index in [1.807, 2.05) is 0 Å². The van der Waals surface area contributed by atoms with Crippen molar-refractivity contribution in [1.82, 2.24) is 14.8 Å². The number of nitrogens with zero attached hydrogens (tertiary/aromatic N) is 3. The highest BCUT2D eigenvalue weighted by Gasteiger charge is 2.13. The van der Waals surface area contributed by atoms with Crippen LogP contribution in [0.5, 0.6) is 5.75 Å². The van der Waals surface area contributed by atoms with Crippen LogP contribution in [0.1, 0.15) is 11.4 Å². The fraction of sp³-hybridized carbons (Fsp3) is 0.273. The Bertz CT molecular complexity index is 533. The quantitative estimate of drug-likeness (QED) is 0.888. The molecule has 1 heterocycles. The predicted molar refractivity (Wildman–Crippen MR) is 59.6 cm³/mol. The van der Waals surface area contributed by atoms with Gasteiger partial charge in [0, 0.05) is 13.6 Å². The fourth-order valence-corrected chi connectivity index (χ4v) is 1.44. The number of aromatic nitrogens is 3. The van der Waals surface area contributed by atoms with Gasteiger partial charge in [0.1, 0.15) is 12.9 Å². The highest BCUT2D eigenvalue weighted by molar-refractivity contribution is 5.31. The summed E-state index contributed by atoms with van der Waals surface area (Å²) in [6.07, 6.45) is 1.48. The van der Waals surface area contributed by atoms with Crippen molar-refractivity contribution >= 4 is 0 Å². The second kappa shape index (κ2) is 5.09. The maximum atomic E-state index is 13.6. The highest BCUT2D eigenvalue weighted by atomic mass is 19.1. The van der Waals surface area contributed by atoms with E-state index in [-0.39, 0.29) is 13.2 Å². The molecule has 0 saturated carbocycles. The third-order valence-corrected chi connectivity index (χ3v) is 2.44. The molecule has 96 valence electrons. The summed E-state index contributed by atoms with van der Waals surface area (Å²) in [5, 5.41) is 7.38. The Morgan fingerprint density at radius 1 is 1.33 bits per heavy atom. The number of hydrogen-bond acceptors (Lipinski definition) is 4. The van der Waals surface area contributed by atoms with Gasteiger partial charge in [-0.15, -0.1) is 10.2 Å². The average Bonchev–Trinajstić information content (AvgIpc) is 2.73. The Hall–Kier alpha value is -2.02. The monoisotopic (exact) mass is 254 g/mol. The molecule has 2 rings (SSSR count). The summed E-state index contributed by atoms with van der Waals surface area (Å²) in [7, 11) is 1.71. The Morgan fingerprint density at radius 2 is 2.00 bits per heavy atom. The van der Waals surface area contributed by atoms with Crippen molar-refractivity contribution in [3.8, 4) is 5.75 Å². The second-order valence-electron chi connectivity index (χ2n) is 3.74. The molecule has 7 heteroatoms. The van der Waals surface area contributed by atoms with E-state index in [1.165, 1.54) is 6.33 Å². The van der Waals surface area contributed by atoms with E-state index >= 15 is 0 Å². The number of aryl methyl sites for hydroxylation is 1. The Balaban J connectivity index is 2.17. The number of nitrogens with two attached hydrogens (primary N) is 1. The van der Waals surface area contributed by atoms with Crippen molar-refractivity contribution in [1.29, 1.82) is 0 Å². The van der Waals surface area contributed by atoms with Gasteiger partial charge in [-0.05, 0) is 17.7 Å². The topological polar surface area (TPSA) is 66.0 Å². The molecule has 0 aliphatic carbocycles. The first-order valence-electron chi connectivity index (χ1n) is 5.25. The van der Waals surface area contributed by atoms with Crippen LogP contribution in [-0.2, 0) is 20.2 Å². The van der Waals surface area contributed by atoms with Crippen LogP contribution in [0.15, 0.2) is 18.5 Å². The van der Waals surface area contributed by atoms with Crippen LogP contribution >= 0.6 is 0 Å². The summed E-state index contributed by atoms with van der Waals surface area (Å²) in [5.74, 6) is -1.53. The zero-order chi connectivity index (χ0) is 13.1. The van der Waals surface area contributed by atoms with Gasteiger partial charge >= 0.3 is 0 Å². The minimum atomic E-state index is -0.780. The molecule has 2 aromatic rings. The molecule has 0 fully saturated rings. The SMILES string of the molecule is Cn1cnnc1COc1c(F)cc(CN)cc1F. The lowest BCUT2D eigenvalue weighted by molar-refractivity contribution is 0.262. The van der Waals surface area contributed by atoms with Gasteiger partial charge in [-0.25, -0.2) is 8.78 Å². The highest BCUT2D eigenvalue weighted by Crippen LogP contribution is 2.23. The molecule has 5 nitrogen and oxygen atoms in total. The molecule has 0 amide bonds. The first-order valence-corrected chi connectivity index (χ1v) is 5.25. The first kappa shape index (κ1) is 12.4. The first-order chi connectivity index (χ1) is 8.61. The second-order valence-corrected chi connectivity index (χ2v) is 3.74. The number of halogens is 2. The van der Waals surface area contributed by atoms with E-state index in [4.69, 9.17) is 10.5 Å². The smallest absolute Gasteiger partial charge is 0.191 e. The van der Waals surface area contributed by atoms with Crippen LogP contribution in [0.2, 0.25) is 0 Å². The molecule has 0 saturated heterocycles. The van der Waals surface area contributed by atoms with Gasteiger partial charge in [-0.2, -0.15) is 0 Å². The van der Waals surface area contributed by atoms with Crippen molar-refractivity contribution in [3.63, 3.8) is 0 Å². The lowest BCUT2D eigenvalue weighted by atomic mass is 10.2. The Labute approximate surface area is 102 Å². The molecule has 0 atom stereocenters. The molecule has 0 aliphatic rings. The van der Waals surface area contributed by atoms with Crippen molar-refractivity contribution in [2.75, 3.05) is 0 Å². The molecule has 1 aromatic heterocycles. The summed E-state index contributed by atoms with van der Waals surface area (Å²) in [6, 6.07) is 2.30. The summed E-state index contributed by atoms with van der Waals surface area (Å²) < 4.78 is 33.8. The summed E-state index contributed by atoms with van der Waals surface area (Å²) >= 11 is 0. The van der Waals surface area contributed by atoms with E-state index in [0.717, 1.165) is 12.1 Å². The number of rotatable bonds is 4. The summed E-state index contributed by atoms with van der Waals surface area (Å²) in [4.78, 5) is 0. The maximum absolute atomic E-state index is 13.6. The van der Waals surface area contributed by atoms with Crippen molar-refractivity contribution in [2.45, 2.75) is 13.2 Å². The average molecular weight is 254 g/mol. The Morgan fingerprint density at radius 3 is 2.50 bits per heavy atom.